The predicted octanol–water partition coefficient (Wildman–Crippen LogP) is 4.68. The van der Waals surface area contributed by atoms with E-state index in [1.54, 1.807) is 11.3 Å². The van der Waals surface area contributed by atoms with Gasteiger partial charge in [-0.05, 0) is 60.5 Å². The molecular weight excluding hydrogens is 330 g/mol. The molecule has 0 spiro atoms. The molecule has 1 amide bonds. The van der Waals surface area contributed by atoms with Gasteiger partial charge in [0.2, 0.25) is 0 Å². The zero-order valence-electron chi connectivity index (χ0n) is 10.4. The highest BCUT2D eigenvalue weighted by Gasteiger charge is 2.15. The Kier molecular flexibility index (Phi) is 4.25. The Morgan fingerprint density at radius 3 is 2.56 bits per heavy atom. The maximum atomic E-state index is 12.1. The van der Waals surface area contributed by atoms with Gasteiger partial charge >= 0.3 is 0 Å². The van der Waals surface area contributed by atoms with Gasteiger partial charge in [0.15, 0.2) is 0 Å². The van der Waals surface area contributed by atoms with Gasteiger partial charge in [-0.15, -0.1) is 22.7 Å². The molecule has 0 aromatic carbocycles. The summed E-state index contributed by atoms with van der Waals surface area (Å²) in [5.41, 5.74) is 1.10. The lowest BCUT2D eigenvalue weighted by Gasteiger charge is -2.11. The van der Waals surface area contributed by atoms with Crippen molar-refractivity contribution < 1.29 is 4.79 Å². The van der Waals surface area contributed by atoms with E-state index in [0.29, 0.717) is 0 Å². The molecule has 96 valence electrons. The number of amides is 1. The van der Waals surface area contributed by atoms with Crippen LogP contribution < -0.4 is 5.32 Å². The smallest absolute Gasteiger partial charge is 0.261 e. The molecule has 1 atom stereocenters. The SMILES string of the molecule is Cc1ccc(C(C)NC(=O)c2cc(C)c(Br)s2)s1. The fourth-order valence-electron chi connectivity index (χ4n) is 1.60. The summed E-state index contributed by atoms with van der Waals surface area (Å²) >= 11 is 6.63. The molecule has 0 radical (unpaired) electrons. The number of carbonyl (C=O) groups is 1. The van der Waals surface area contributed by atoms with Crippen LogP contribution in [0.2, 0.25) is 0 Å². The van der Waals surface area contributed by atoms with Gasteiger partial charge in [0.1, 0.15) is 0 Å². The lowest BCUT2D eigenvalue weighted by molar-refractivity contribution is 0.0944. The van der Waals surface area contributed by atoms with Gasteiger partial charge in [0.25, 0.3) is 5.91 Å². The predicted molar refractivity (Wildman–Crippen MR) is 81.7 cm³/mol. The van der Waals surface area contributed by atoms with E-state index in [1.807, 2.05) is 19.9 Å². The lowest BCUT2D eigenvalue weighted by atomic mass is 10.2. The van der Waals surface area contributed by atoms with Gasteiger partial charge in [0.05, 0.1) is 14.7 Å². The summed E-state index contributed by atoms with van der Waals surface area (Å²) in [7, 11) is 0. The van der Waals surface area contributed by atoms with E-state index >= 15 is 0 Å². The molecule has 0 fully saturated rings. The standard InChI is InChI=1S/C13H14BrNOS2/c1-7-6-11(18-12(7)14)13(16)15-9(3)10-5-4-8(2)17-10/h4-6,9H,1-3H3,(H,15,16). The molecule has 0 aliphatic rings. The summed E-state index contributed by atoms with van der Waals surface area (Å²) in [6.45, 7) is 6.07. The number of rotatable bonds is 3. The van der Waals surface area contributed by atoms with Crippen LogP contribution in [-0.2, 0) is 0 Å². The minimum absolute atomic E-state index is 0.00708. The first-order valence-electron chi connectivity index (χ1n) is 5.60. The van der Waals surface area contributed by atoms with Gasteiger partial charge in [0, 0.05) is 9.75 Å². The van der Waals surface area contributed by atoms with Crippen LogP contribution in [0.5, 0.6) is 0 Å². The largest absolute Gasteiger partial charge is 0.344 e. The summed E-state index contributed by atoms with van der Waals surface area (Å²) < 4.78 is 1.02. The first-order chi connectivity index (χ1) is 8.47. The molecule has 0 saturated carbocycles. The number of hydrogen-bond donors (Lipinski definition) is 1. The first-order valence-corrected chi connectivity index (χ1v) is 8.03. The van der Waals surface area contributed by atoms with E-state index in [1.165, 1.54) is 21.1 Å². The van der Waals surface area contributed by atoms with Crippen LogP contribution in [0, 0.1) is 13.8 Å². The van der Waals surface area contributed by atoms with Crippen molar-refractivity contribution in [3.05, 3.63) is 42.2 Å². The molecule has 2 heterocycles. The third kappa shape index (κ3) is 3.02. The van der Waals surface area contributed by atoms with Crippen LogP contribution >= 0.6 is 38.6 Å². The van der Waals surface area contributed by atoms with E-state index in [2.05, 4.69) is 40.3 Å². The number of halogens is 1. The number of thiophene rings is 2. The average Bonchev–Trinajstić information content (AvgIpc) is 2.86. The highest BCUT2D eigenvalue weighted by molar-refractivity contribution is 9.11. The van der Waals surface area contributed by atoms with E-state index < -0.39 is 0 Å². The normalized spacial score (nSPS) is 12.4. The Hall–Kier alpha value is -0.650. The molecule has 0 aliphatic heterocycles. The Bertz CT molecular complexity index is 554. The summed E-state index contributed by atoms with van der Waals surface area (Å²) in [4.78, 5) is 15.3. The van der Waals surface area contributed by atoms with E-state index in [0.717, 1.165) is 14.2 Å². The third-order valence-corrected chi connectivity index (χ3v) is 5.94. The van der Waals surface area contributed by atoms with Crippen LogP contribution in [0.4, 0.5) is 0 Å². The second-order valence-electron chi connectivity index (χ2n) is 4.21. The molecule has 0 aliphatic carbocycles. The number of nitrogens with one attached hydrogen (secondary N) is 1. The first kappa shape index (κ1) is 13.8. The minimum atomic E-state index is -0.00708. The van der Waals surface area contributed by atoms with Crippen LogP contribution in [0.15, 0.2) is 22.0 Å². The molecule has 0 bridgehead atoms. The van der Waals surface area contributed by atoms with E-state index in [4.69, 9.17) is 0 Å². The van der Waals surface area contributed by atoms with Gasteiger partial charge < -0.3 is 5.32 Å². The van der Waals surface area contributed by atoms with Gasteiger partial charge in [-0.1, -0.05) is 0 Å². The molecule has 1 N–H and O–H groups in total. The fraction of sp³-hybridized carbons (Fsp3) is 0.308. The molecule has 2 aromatic heterocycles. The Balaban J connectivity index is 2.07. The third-order valence-electron chi connectivity index (χ3n) is 2.62. The van der Waals surface area contributed by atoms with Crippen molar-refractivity contribution in [3.8, 4) is 0 Å². The number of hydrogen-bond acceptors (Lipinski definition) is 3. The molecule has 5 heteroatoms. The molecule has 2 nitrogen and oxygen atoms in total. The Morgan fingerprint density at radius 1 is 1.33 bits per heavy atom. The van der Waals surface area contributed by atoms with Crippen molar-refractivity contribution in [1.29, 1.82) is 0 Å². The molecular formula is C13H14BrNOS2. The van der Waals surface area contributed by atoms with E-state index in [-0.39, 0.29) is 11.9 Å². The maximum absolute atomic E-state index is 12.1. The quantitative estimate of drug-likeness (QED) is 0.861. The maximum Gasteiger partial charge on any atom is 0.261 e. The van der Waals surface area contributed by atoms with Crippen molar-refractivity contribution in [3.63, 3.8) is 0 Å². The van der Waals surface area contributed by atoms with Crippen LogP contribution in [0.25, 0.3) is 0 Å². The second kappa shape index (κ2) is 5.55. The molecule has 2 aromatic rings. The fourth-order valence-corrected chi connectivity index (χ4v) is 3.91. The van der Waals surface area contributed by atoms with Gasteiger partial charge in [-0.2, -0.15) is 0 Å². The van der Waals surface area contributed by atoms with Crippen molar-refractivity contribution in [2.75, 3.05) is 0 Å². The van der Waals surface area contributed by atoms with Crippen LogP contribution in [0.1, 0.15) is 38.0 Å². The zero-order chi connectivity index (χ0) is 13.3. The highest BCUT2D eigenvalue weighted by Crippen LogP contribution is 2.28. The topological polar surface area (TPSA) is 29.1 Å². The van der Waals surface area contributed by atoms with Crippen molar-refractivity contribution in [2.24, 2.45) is 0 Å². The molecule has 18 heavy (non-hydrogen) atoms. The molecule has 0 saturated heterocycles. The lowest BCUT2D eigenvalue weighted by Crippen LogP contribution is -2.25. The van der Waals surface area contributed by atoms with Crippen molar-refractivity contribution in [2.45, 2.75) is 26.8 Å². The summed E-state index contributed by atoms with van der Waals surface area (Å²) in [5, 5.41) is 3.03. The summed E-state index contributed by atoms with van der Waals surface area (Å²) in [5.74, 6) is -0.00708. The average molecular weight is 344 g/mol. The van der Waals surface area contributed by atoms with Gasteiger partial charge in [-0.3, -0.25) is 4.79 Å². The summed E-state index contributed by atoms with van der Waals surface area (Å²) in [6.07, 6.45) is 0. The minimum Gasteiger partial charge on any atom is -0.344 e. The highest BCUT2D eigenvalue weighted by atomic mass is 79.9. The van der Waals surface area contributed by atoms with Crippen LogP contribution in [0.3, 0.4) is 0 Å². The van der Waals surface area contributed by atoms with Crippen molar-refractivity contribution >= 4 is 44.5 Å². The number of carbonyl (C=O) groups excluding carboxylic acids is 1. The van der Waals surface area contributed by atoms with Crippen LogP contribution in [-0.4, -0.2) is 5.91 Å². The molecule has 1 unspecified atom stereocenters. The monoisotopic (exact) mass is 343 g/mol. The summed E-state index contributed by atoms with van der Waals surface area (Å²) in [6, 6.07) is 6.11. The second-order valence-corrected chi connectivity index (χ2v) is 7.90. The van der Waals surface area contributed by atoms with E-state index in [9.17, 15) is 4.79 Å². The number of aryl methyl sites for hydroxylation is 2. The molecule has 2 rings (SSSR count). The Morgan fingerprint density at radius 2 is 2.06 bits per heavy atom. The zero-order valence-corrected chi connectivity index (χ0v) is 13.6. The Labute approximate surface area is 123 Å². The van der Waals surface area contributed by atoms with Gasteiger partial charge in [-0.25, -0.2) is 0 Å². The van der Waals surface area contributed by atoms with Crippen molar-refractivity contribution in [1.82, 2.24) is 5.32 Å².